The van der Waals surface area contributed by atoms with Crippen LogP contribution in [0.2, 0.25) is 0 Å². The van der Waals surface area contributed by atoms with Crippen molar-refractivity contribution in [2.75, 3.05) is 13.2 Å². The second-order valence-electron chi connectivity index (χ2n) is 5.03. The molecule has 0 unspecified atom stereocenters. The number of ether oxygens (including phenoxy) is 1. The summed E-state index contributed by atoms with van der Waals surface area (Å²) in [6.45, 7) is 4.87. The molecule has 0 fully saturated rings. The van der Waals surface area contributed by atoms with Gasteiger partial charge in [-0.3, -0.25) is 4.79 Å². The first-order chi connectivity index (χ1) is 10.1. The summed E-state index contributed by atoms with van der Waals surface area (Å²) in [5, 5.41) is 8.73. The van der Waals surface area contributed by atoms with Crippen LogP contribution in [0, 0.1) is 0 Å². The summed E-state index contributed by atoms with van der Waals surface area (Å²) in [4.78, 5) is 24.1. The quantitative estimate of drug-likeness (QED) is 0.845. The SMILES string of the molecule is C=CCOC(=O)N1CCc2ccc(CCC(=O)O)cc2C1. The second-order valence-corrected chi connectivity index (χ2v) is 5.03. The summed E-state index contributed by atoms with van der Waals surface area (Å²) in [6.07, 6.45) is 2.61. The molecule has 2 rings (SSSR count). The summed E-state index contributed by atoms with van der Waals surface area (Å²) < 4.78 is 5.05. The van der Waals surface area contributed by atoms with Crippen LogP contribution in [0.3, 0.4) is 0 Å². The van der Waals surface area contributed by atoms with Gasteiger partial charge in [0.15, 0.2) is 0 Å². The number of rotatable bonds is 5. The van der Waals surface area contributed by atoms with E-state index in [0.29, 0.717) is 19.5 Å². The number of benzene rings is 1. The van der Waals surface area contributed by atoms with Gasteiger partial charge in [-0.15, -0.1) is 0 Å². The fourth-order valence-electron chi connectivity index (χ4n) is 2.39. The van der Waals surface area contributed by atoms with Crippen LogP contribution in [0.15, 0.2) is 30.9 Å². The van der Waals surface area contributed by atoms with Gasteiger partial charge in [0, 0.05) is 19.5 Å². The lowest BCUT2D eigenvalue weighted by molar-refractivity contribution is -0.136. The summed E-state index contributed by atoms with van der Waals surface area (Å²) in [5.74, 6) is -0.803. The van der Waals surface area contributed by atoms with Crippen LogP contribution in [0.1, 0.15) is 23.1 Å². The van der Waals surface area contributed by atoms with E-state index in [2.05, 4.69) is 6.58 Å². The van der Waals surface area contributed by atoms with Crippen molar-refractivity contribution in [3.8, 4) is 0 Å². The number of amides is 1. The Morgan fingerprint density at radius 2 is 2.19 bits per heavy atom. The Kier molecular flexibility index (Phi) is 4.98. The van der Waals surface area contributed by atoms with Crippen LogP contribution in [-0.4, -0.2) is 35.2 Å². The topological polar surface area (TPSA) is 66.8 Å². The third-order valence-electron chi connectivity index (χ3n) is 3.49. The Bertz CT molecular complexity index is 553. The van der Waals surface area contributed by atoms with Crippen molar-refractivity contribution in [2.24, 2.45) is 0 Å². The highest BCUT2D eigenvalue weighted by molar-refractivity contribution is 5.68. The van der Waals surface area contributed by atoms with Crippen LogP contribution in [-0.2, 0) is 28.9 Å². The first kappa shape index (κ1) is 15.1. The number of hydrogen-bond acceptors (Lipinski definition) is 3. The molecule has 0 saturated carbocycles. The average Bonchev–Trinajstić information content (AvgIpc) is 2.49. The molecule has 0 aliphatic carbocycles. The van der Waals surface area contributed by atoms with Gasteiger partial charge >= 0.3 is 12.1 Å². The van der Waals surface area contributed by atoms with Crippen LogP contribution in [0.25, 0.3) is 0 Å². The van der Waals surface area contributed by atoms with Gasteiger partial charge in [-0.05, 0) is 29.5 Å². The summed E-state index contributed by atoms with van der Waals surface area (Å²) in [6, 6.07) is 5.98. The lowest BCUT2D eigenvalue weighted by atomic mass is 9.96. The molecular formula is C16H19NO4. The van der Waals surface area contributed by atoms with Crippen LogP contribution < -0.4 is 0 Å². The molecule has 0 atom stereocenters. The third-order valence-corrected chi connectivity index (χ3v) is 3.49. The molecular weight excluding hydrogens is 270 g/mol. The van der Waals surface area contributed by atoms with Crippen molar-refractivity contribution < 1.29 is 19.4 Å². The van der Waals surface area contributed by atoms with Crippen molar-refractivity contribution in [3.05, 3.63) is 47.5 Å². The van der Waals surface area contributed by atoms with Crippen LogP contribution in [0.4, 0.5) is 4.79 Å². The third kappa shape index (κ3) is 4.08. The van der Waals surface area contributed by atoms with E-state index in [9.17, 15) is 9.59 Å². The maximum absolute atomic E-state index is 11.8. The van der Waals surface area contributed by atoms with Crippen LogP contribution in [0.5, 0.6) is 0 Å². The molecule has 0 aromatic heterocycles. The molecule has 1 aromatic rings. The van der Waals surface area contributed by atoms with E-state index in [1.54, 1.807) is 11.0 Å². The van der Waals surface area contributed by atoms with Gasteiger partial charge < -0.3 is 14.7 Å². The highest BCUT2D eigenvalue weighted by Crippen LogP contribution is 2.21. The van der Waals surface area contributed by atoms with Crippen molar-refractivity contribution in [1.82, 2.24) is 4.90 Å². The number of nitrogens with zero attached hydrogens (tertiary/aromatic N) is 1. The maximum Gasteiger partial charge on any atom is 0.410 e. The molecule has 1 N–H and O–H groups in total. The molecule has 5 nitrogen and oxygen atoms in total. The Morgan fingerprint density at radius 3 is 2.90 bits per heavy atom. The van der Waals surface area contributed by atoms with Gasteiger partial charge in [-0.2, -0.15) is 0 Å². The number of carbonyl (C=O) groups excluding carboxylic acids is 1. The van der Waals surface area contributed by atoms with E-state index in [1.807, 2.05) is 18.2 Å². The Morgan fingerprint density at radius 1 is 1.38 bits per heavy atom. The van der Waals surface area contributed by atoms with E-state index in [0.717, 1.165) is 17.5 Å². The monoisotopic (exact) mass is 289 g/mol. The molecule has 0 bridgehead atoms. The van der Waals surface area contributed by atoms with E-state index in [-0.39, 0.29) is 19.1 Å². The van der Waals surface area contributed by atoms with Gasteiger partial charge in [0.2, 0.25) is 0 Å². The molecule has 1 amide bonds. The molecule has 0 spiro atoms. The number of aliphatic carboxylic acids is 1. The Labute approximate surface area is 123 Å². The molecule has 1 aromatic carbocycles. The first-order valence-electron chi connectivity index (χ1n) is 6.95. The first-order valence-corrected chi connectivity index (χ1v) is 6.95. The normalized spacial score (nSPS) is 13.4. The zero-order valence-corrected chi connectivity index (χ0v) is 11.9. The van der Waals surface area contributed by atoms with Gasteiger partial charge in [-0.25, -0.2) is 4.79 Å². The predicted molar refractivity (Wildman–Crippen MR) is 78.1 cm³/mol. The van der Waals surface area contributed by atoms with Gasteiger partial charge in [0.25, 0.3) is 0 Å². The van der Waals surface area contributed by atoms with E-state index >= 15 is 0 Å². The minimum Gasteiger partial charge on any atom is -0.481 e. The highest BCUT2D eigenvalue weighted by Gasteiger charge is 2.21. The van der Waals surface area contributed by atoms with Crippen molar-refractivity contribution >= 4 is 12.1 Å². The molecule has 0 radical (unpaired) electrons. The molecule has 1 aliphatic rings. The minimum absolute atomic E-state index is 0.115. The lowest BCUT2D eigenvalue weighted by Gasteiger charge is -2.28. The standard InChI is InChI=1S/C16H19NO4/c1-2-9-21-16(20)17-8-7-13-5-3-12(4-6-15(18)19)10-14(13)11-17/h2-3,5,10H,1,4,6-9,11H2,(H,18,19). The molecule has 21 heavy (non-hydrogen) atoms. The predicted octanol–water partition coefficient (Wildman–Crippen LogP) is 2.38. The number of aryl methyl sites for hydroxylation is 1. The average molecular weight is 289 g/mol. The number of fused-ring (bicyclic) bond motifs is 1. The Hall–Kier alpha value is -2.30. The van der Waals surface area contributed by atoms with E-state index in [4.69, 9.17) is 9.84 Å². The lowest BCUT2D eigenvalue weighted by Crippen LogP contribution is -2.36. The summed E-state index contributed by atoms with van der Waals surface area (Å²) in [5.41, 5.74) is 3.26. The highest BCUT2D eigenvalue weighted by atomic mass is 16.6. The zero-order valence-electron chi connectivity index (χ0n) is 11.9. The van der Waals surface area contributed by atoms with Gasteiger partial charge in [-0.1, -0.05) is 30.9 Å². The molecule has 0 saturated heterocycles. The maximum atomic E-state index is 11.8. The molecule has 1 heterocycles. The summed E-state index contributed by atoms with van der Waals surface area (Å²) >= 11 is 0. The van der Waals surface area contributed by atoms with E-state index in [1.165, 1.54) is 5.56 Å². The zero-order chi connectivity index (χ0) is 15.2. The molecule has 1 aliphatic heterocycles. The smallest absolute Gasteiger partial charge is 0.410 e. The molecule has 112 valence electrons. The number of carboxylic acid groups (broad SMARTS) is 1. The summed E-state index contributed by atoms with van der Waals surface area (Å²) in [7, 11) is 0. The number of hydrogen-bond donors (Lipinski definition) is 1. The minimum atomic E-state index is -0.803. The Balaban J connectivity index is 2.04. The van der Waals surface area contributed by atoms with Crippen molar-refractivity contribution in [3.63, 3.8) is 0 Å². The number of carbonyl (C=O) groups is 2. The van der Waals surface area contributed by atoms with Crippen molar-refractivity contribution in [1.29, 1.82) is 0 Å². The fraction of sp³-hybridized carbons (Fsp3) is 0.375. The van der Waals surface area contributed by atoms with Crippen LogP contribution >= 0.6 is 0 Å². The van der Waals surface area contributed by atoms with E-state index < -0.39 is 5.97 Å². The largest absolute Gasteiger partial charge is 0.481 e. The second kappa shape index (κ2) is 6.92. The van der Waals surface area contributed by atoms with Gasteiger partial charge in [0.1, 0.15) is 6.61 Å². The van der Waals surface area contributed by atoms with Crippen molar-refractivity contribution in [2.45, 2.75) is 25.8 Å². The van der Waals surface area contributed by atoms with Gasteiger partial charge in [0.05, 0.1) is 0 Å². The number of carboxylic acids is 1. The fourth-order valence-corrected chi connectivity index (χ4v) is 2.39. The molecule has 5 heteroatoms.